The van der Waals surface area contributed by atoms with E-state index in [9.17, 15) is 18.0 Å². The summed E-state index contributed by atoms with van der Waals surface area (Å²) in [5.74, 6) is -1.40. The molecule has 3 rings (SSSR count). The second kappa shape index (κ2) is 5.02. The fraction of sp³-hybridized carbons (Fsp3) is 0.615. The molecule has 0 amide bonds. The summed E-state index contributed by atoms with van der Waals surface area (Å²) in [6.45, 7) is 0. The average molecular weight is 302 g/mol. The number of fused-ring (bicyclic) bond motifs is 2. The highest BCUT2D eigenvalue weighted by Crippen LogP contribution is 2.46. The van der Waals surface area contributed by atoms with Gasteiger partial charge in [0.1, 0.15) is 0 Å². The molecule has 3 heterocycles. The van der Waals surface area contributed by atoms with Crippen molar-refractivity contribution in [2.45, 2.75) is 42.4 Å². The van der Waals surface area contributed by atoms with Crippen molar-refractivity contribution in [3.05, 3.63) is 23.8 Å². The van der Waals surface area contributed by atoms with Crippen molar-refractivity contribution in [2.24, 2.45) is 5.92 Å². The minimum atomic E-state index is -4.57. The molecule has 0 radical (unpaired) electrons. The molecule has 1 aromatic rings. The predicted molar refractivity (Wildman–Crippen MR) is 68.5 cm³/mol. The lowest BCUT2D eigenvalue weighted by Crippen LogP contribution is -2.25. The van der Waals surface area contributed by atoms with Crippen LogP contribution in [0.4, 0.5) is 13.2 Å². The highest BCUT2D eigenvalue weighted by molar-refractivity contribution is 8.00. The van der Waals surface area contributed by atoms with Gasteiger partial charge in [0.25, 0.3) is 0 Å². The molecule has 0 N–H and O–H groups in total. The summed E-state index contributed by atoms with van der Waals surface area (Å²) in [7, 11) is 0. The van der Waals surface area contributed by atoms with Gasteiger partial charge in [-0.1, -0.05) is 0 Å². The van der Waals surface area contributed by atoms with Crippen LogP contribution < -0.4 is 0 Å². The number of aromatic nitrogens is 2. The van der Waals surface area contributed by atoms with E-state index in [0.717, 1.165) is 38.1 Å². The van der Waals surface area contributed by atoms with E-state index in [1.54, 1.807) is 0 Å². The molecule has 2 atom stereocenters. The summed E-state index contributed by atoms with van der Waals surface area (Å²) in [5.41, 5.74) is 0.189. The van der Waals surface area contributed by atoms with Gasteiger partial charge in [0, 0.05) is 28.8 Å². The Morgan fingerprint density at radius 2 is 1.70 bits per heavy atom. The van der Waals surface area contributed by atoms with Crippen LogP contribution in [-0.4, -0.2) is 26.3 Å². The van der Waals surface area contributed by atoms with Crippen LogP contribution in [0.25, 0.3) is 0 Å². The number of ketones is 1. The molecule has 20 heavy (non-hydrogen) atoms. The Bertz CT molecular complexity index is 505. The Kier molecular flexibility index (Phi) is 3.48. The summed E-state index contributed by atoms with van der Waals surface area (Å²) in [4.78, 5) is 18.8. The molecule has 2 aliphatic rings. The largest absolute Gasteiger partial charge is 0.451 e. The first kappa shape index (κ1) is 13.9. The normalized spacial score (nSPS) is 29.4. The Morgan fingerprint density at radius 1 is 1.15 bits per heavy atom. The summed E-state index contributed by atoms with van der Waals surface area (Å²) < 4.78 is 37.1. The zero-order chi connectivity index (χ0) is 14.3. The summed E-state index contributed by atoms with van der Waals surface area (Å²) in [5, 5.41) is 1.05. The number of nitrogens with zero attached hydrogens (tertiary/aromatic N) is 2. The number of hydrogen-bond donors (Lipinski definition) is 0. The molecular weight excluding hydrogens is 289 g/mol. The van der Waals surface area contributed by atoms with Crippen LogP contribution in [0.15, 0.2) is 12.4 Å². The Balaban J connectivity index is 1.74. The quantitative estimate of drug-likeness (QED) is 0.786. The fourth-order valence-corrected chi connectivity index (χ4v) is 4.68. The van der Waals surface area contributed by atoms with Crippen LogP contribution >= 0.6 is 11.8 Å². The smallest absolute Gasteiger partial charge is 0.294 e. The molecule has 2 unspecified atom stereocenters. The van der Waals surface area contributed by atoms with Gasteiger partial charge in [-0.15, -0.1) is 0 Å². The van der Waals surface area contributed by atoms with Crippen LogP contribution in [-0.2, 0) is 6.18 Å². The maximum Gasteiger partial charge on any atom is 0.451 e. The molecule has 0 aliphatic carbocycles. The lowest BCUT2D eigenvalue weighted by atomic mass is 9.91. The van der Waals surface area contributed by atoms with Crippen LogP contribution in [0.5, 0.6) is 0 Å². The molecule has 0 spiro atoms. The maximum atomic E-state index is 12.4. The van der Waals surface area contributed by atoms with Crippen LogP contribution in [0, 0.1) is 5.92 Å². The number of carbonyl (C=O) groups excluding carboxylic acids is 1. The van der Waals surface area contributed by atoms with E-state index < -0.39 is 12.0 Å². The summed E-state index contributed by atoms with van der Waals surface area (Å²) in [6.07, 6.45) is 1.36. The van der Waals surface area contributed by atoms with Crippen molar-refractivity contribution in [2.75, 3.05) is 0 Å². The molecule has 7 heteroatoms. The fourth-order valence-electron chi connectivity index (χ4n) is 2.91. The van der Waals surface area contributed by atoms with Gasteiger partial charge in [0.15, 0.2) is 5.78 Å². The standard InChI is InChI=1S/C13H13F3N2OS/c14-13(15,16)12-17-5-8(6-18-12)11(19)7-3-9-1-2-10(4-7)20-9/h5-7,9-10H,1-4H2. The van der Waals surface area contributed by atoms with Crippen molar-refractivity contribution in [1.82, 2.24) is 9.97 Å². The third-order valence-corrected chi connectivity index (χ3v) is 5.48. The summed E-state index contributed by atoms with van der Waals surface area (Å²) >= 11 is 1.94. The first-order valence-electron chi connectivity index (χ1n) is 6.52. The zero-order valence-electron chi connectivity index (χ0n) is 10.6. The van der Waals surface area contributed by atoms with Crippen molar-refractivity contribution in [3.8, 4) is 0 Å². The van der Waals surface area contributed by atoms with Crippen LogP contribution in [0.2, 0.25) is 0 Å². The van der Waals surface area contributed by atoms with Gasteiger partial charge in [-0.25, -0.2) is 9.97 Å². The van der Waals surface area contributed by atoms with E-state index in [-0.39, 0.29) is 17.3 Å². The second-order valence-electron chi connectivity index (χ2n) is 5.28. The topological polar surface area (TPSA) is 42.9 Å². The molecule has 1 aromatic heterocycles. The highest BCUT2D eigenvalue weighted by Gasteiger charge is 2.39. The molecule has 2 fully saturated rings. The molecule has 108 valence electrons. The average Bonchev–Trinajstić information content (AvgIpc) is 2.76. The van der Waals surface area contributed by atoms with Crippen molar-refractivity contribution in [3.63, 3.8) is 0 Å². The highest BCUT2D eigenvalue weighted by atomic mass is 32.2. The number of alkyl halides is 3. The van der Waals surface area contributed by atoms with Gasteiger partial charge in [-0.05, 0) is 25.7 Å². The Hall–Kier alpha value is -1.11. The number of halogens is 3. The lowest BCUT2D eigenvalue weighted by Gasteiger charge is -2.26. The number of rotatable bonds is 2. The van der Waals surface area contributed by atoms with Crippen molar-refractivity contribution >= 4 is 17.5 Å². The van der Waals surface area contributed by atoms with Crippen molar-refractivity contribution < 1.29 is 18.0 Å². The molecule has 2 bridgehead atoms. The molecule has 3 nitrogen and oxygen atoms in total. The minimum absolute atomic E-state index is 0.0888. The molecule has 2 saturated heterocycles. The van der Waals surface area contributed by atoms with E-state index in [0.29, 0.717) is 10.5 Å². The van der Waals surface area contributed by atoms with Crippen LogP contribution in [0.1, 0.15) is 41.9 Å². The van der Waals surface area contributed by atoms with E-state index in [1.165, 1.54) is 0 Å². The number of hydrogen-bond acceptors (Lipinski definition) is 4. The molecule has 0 saturated carbocycles. The Labute approximate surface area is 118 Å². The SMILES string of the molecule is O=C(c1cnc(C(F)(F)F)nc1)C1CC2CCC(C1)S2. The number of thioether (sulfide) groups is 1. The molecule has 2 aliphatic heterocycles. The zero-order valence-corrected chi connectivity index (χ0v) is 11.4. The van der Waals surface area contributed by atoms with E-state index >= 15 is 0 Å². The van der Waals surface area contributed by atoms with E-state index in [1.807, 2.05) is 11.8 Å². The summed E-state index contributed by atoms with van der Waals surface area (Å²) in [6, 6.07) is 0. The van der Waals surface area contributed by atoms with Gasteiger partial charge in [0.2, 0.25) is 5.82 Å². The second-order valence-corrected chi connectivity index (χ2v) is 6.89. The van der Waals surface area contributed by atoms with E-state index in [2.05, 4.69) is 9.97 Å². The lowest BCUT2D eigenvalue weighted by molar-refractivity contribution is -0.145. The van der Waals surface area contributed by atoms with Gasteiger partial charge < -0.3 is 0 Å². The third kappa shape index (κ3) is 2.68. The number of Topliss-reactive ketones (excluding diaryl/α,β-unsaturated/α-hetero) is 1. The number of carbonyl (C=O) groups is 1. The first-order valence-corrected chi connectivity index (χ1v) is 7.46. The first-order chi connectivity index (χ1) is 9.43. The van der Waals surface area contributed by atoms with Gasteiger partial charge in [0.05, 0.1) is 5.56 Å². The van der Waals surface area contributed by atoms with E-state index in [4.69, 9.17) is 0 Å². The van der Waals surface area contributed by atoms with Gasteiger partial charge in [-0.2, -0.15) is 24.9 Å². The van der Waals surface area contributed by atoms with Crippen LogP contribution in [0.3, 0.4) is 0 Å². The molecular formula is C13H13F3N2OS. The van der Waals surface area contributed by atoms with Gasteiger partial charge in [-0.3, -0.25) is 4.79 Å². The van der Waals surface area contributed by atoms with Gasteiger partial charge >= 0.3 is 6.18 Å². The Morgan fingerprint density at radius 3 is 2.20 bits per heavy atom. The molecule has 0 aromatic carbocycles. The maximum absolute atomic E-state index is 12.4. The monoisotopic (exact) mass is 302 g/mol. The van der Waals surface area contributed by atoms with Crippen molar-refractivity contribution in [1.29, 1.82) is 0 Å². The predicted octanol–water partition coefficient (Wildman–Crippen LogP) is 3.35. The third-order valence-electron chi connectivity index (χ3n) is 3.85. The minimum Gasteiger partial charge on any atom is -0.294 e.